The van der Waals surface area contributed by atoms with Crippen LogP contribution < -0.4 is 15.0 Å². The van der Waals surface area contributed by atoms with Crippen molar-refractivity contribution in [2.75, 3.05) is 37.8 Å². The second-order valence-electron chi connectivity index (χ2n) is 10.1. The average Bonchev–Trinajstić information content (AvgIpc) is 3.67. The normalized spacial score (nSPS) is 19.0. The van der Waals surface area contributed by atoms with Crippen molar-refractivity contribution in [3.63, 3.8) is 0 Å². The lowest BCUT2D eigenvalue weighted by molar-refractivity contribution is -0.151. The summed E-state index contributed by atoms with van der Waals surface area (Å²) in [6.07, 6.45) is 0.878. The van der Waals surface area contributed by atoms with Crippen LogP contribution in [0.3, 0.4) is 0 Å². The van der Waals surface area contributed by atoms with Gasteiger partial charge in [-0.15, -0.1) is 0 Å². The van der Waals surface area contributed by atoms with Crippen LogP contribution in [-0.2, 0) is 20.9 Å². The molecule has 1 aromatic carbocycles. The van der Waals surface area contributed by atoms with E-state index in [-0.39, 0.29) is 25.4 Å². The second-order valence-corrected chi connectivity index (χ2v) is 10.1. The monoisotopic (exact) mass is 527 g/mol. The summed E-state index contributed by atoms with van der Waals surface area (Å²) in [5, 5.41) is 2.84. The molecule has 0 spiro atoms. The third-order valence-electron chi connectivity index (χ3n) is 7.42. The number of carbonyl (C=O) groups is 2. The van der Waals surface area contributed by atoms with Crippen molar-refractivity contribution in [2.45, 2.75) is 58.4 Å². The van der Waals surface area contributed by atoms with Gasteiger partial charge in [-0.2, -0.15) is 0 Å². The van der Waals surface area contributed by atoms with E-state index in [2.05, 4.69) is 10.3 Å². The van der Waals surface area contributed by atoms with Gasteiger partial charge in [0, 0.05) is 0 Å². The lowest BCUT2D eigenvalue weighted by atomic mass is 9.92. The summed E-state index contributed by atoms with van der Waals surface area (Å²) >= 11 is 0. The number of amides is 1. The van der Waals surface area contributed by atoms with Gasteiger partial charge in [-0.05, 0) is 55.7 Å². The van der Waals surface area contributed by atoms with Gasteiger partial charge >= 0.3 is 5.97 Å². The Morgan fingerprint density at radius 1 is 1.05 bits per heavy atom. The first kappa shape index (κ1) is 27.8. The van der Waals surface area contributed by atoms with E-state index in [0.717, 1.165) is 12.0 Å². The molecule has 1 saturated carbocycles. The number of nitrogens with zero attached hydrogens (tertiary/aromatic N) is 2. The van der Waals surface area contributed by atoms with Gasteiger partial charge in [0.05, 0.1) is 39.5 Å². The largest absolute Gasteiger partial charge is 0.476 e. The predicted molar refractivity (Wildman–Crippen MR) is 142 cm³/mol. The summed E-state index contributed by atoms with van der Waals surface area (Å²) in [6, 6.07) is 13.4. The van der Waals surface area contributed by atoms with E-state index in [9.17, 15) is 14.0 Å². The number of hydrogen-bond donors (Lipinski definition) is 1. The highest BCUT2D eigenvalue weighted by atomic mass is 19.1. The molecule has 206 valence electrons. The maximum Gasteiger partial charge on any atom is 0.331 e. The standard InChI is InChI=1S/C29H38FN3O5/c1-4-29(5-2,28(35)37-6-3)32-26(34)24-12-13-25(33-15-23(30)16-33)27(31-24)38-19-22-14-21(22)18-36-17-20-10-8-7-9-11-20/h7-13,21-23H,4-6,14-19H2,1-3H3,(H,32,34)/t21-,22-/m0/s1. The molecule has 2 fully saturated rings. The van der Waals surface area contributed by atoms with Gasteiger partial charge < -0.3 is 24.4 Å². The maximum atomic E-state index is 13.6. The molecule has 4 rings (SSSR count). The fourth-order valence-electron chi connectivity index (χ4n) is 4.65. The number of ether oxygens (including phenoxy) is 3. The van der Waals surface area contributed by atoms with E-state index in [1.807, 2.05) is 49.1 Å². The number of hydrogen-bond acceptors (Lipinski definition) is 7. The van der Waals surface area contributed by atoms with Crippen molar-refractivity contribution in [1.82, 2.24) is 10.3 Å². The number of rotatable bonds is 14. The Bertz CT molecular complexity index is 1090. The highest BCUT2D eigenvalue weighted by Crippen LogP contribution is 2.40. The first-order valence-corrected chi connectivity index (χ1v) is 13.5. The van der Waals surface area contributed by atoms with Crippen molar-refractivity contribution >= 4 is 17.6 Å². The van der Waals surface area contributed by atoms with Crippen LogP contribution in [0.1, 0.15) is 56.1 Å². The Morgan fingerprint density at radius 2 is 1.76 bits per heavy atom. The quantitative estimate of drug-likeness (QED) is 0.366. The number of anilines is 1. The van der Waals surface area contributed by atoms with Gasteiger partial charge in [0.25, 0.3) is 5.91 Å². The SMILES string of the molecule is CCOC(=O)C(CC)(CC)NC(=O)c1ccc(N2CC(F)C2)c(OC[C@@H]2C[C@H]2COCc2ccccc2)n1. The minimum Gasteiger partial charge on any atom is -0.476 e. The zero-order chi connectivity index (χ0) is 27.1. The van der Waals surface area contributed by atoms with Gasteiger partial charge in [0.15, 0.2) is 0 Å². The van der Waals surface area contributed by atoms with Crippen molar-refractivity contribution < 1.29 is 28.2 Å². The van der Waals surface area contributed by atoms with Gasteiger partial charge in [-0.1, -0.05) is 44.2 Å². The van der Waals surface area contributed by atoms with Crippen LogP contribution >= 0.6 is 0 Å². The number of alkyl halides is 1. The third kappa shape index (κ3) is 6.62. The van der Waals surface area contributed by atoms with E-state index >= 15 is 0 Å². The molecule has 0 radical (unpaired) electrons. The number of carbonyl (C=O) groups excluding carboxylic acids is 2. The molecule has 0 bridgehead atoms. The highest BCUT2D eigenvalue weighted by molar-refractivity contribution is 5.97. The summed E-state index contributed by atoms with van der Waals surface area (Å²) in [6.45, 7) is 7.83. The minimum absolute atomic E-state index is 0.134. The van der Waals surface area contributed by atoms with Crippen LogP contribution in [0.2, 0.25) is 0 Å². The van der Waals surface area contributed by atoms with Gasteiger partial charge in [-0.3, -0.25) is 4.79 Å². The zero-order valence-electron chi connectivity index (χ0n) is 22.5. The highest BCUT2D eigenvalue weighted by Gasteiger charge is 2.40. The number of aromatic nitrogens is 1. The molecule has 1 saturated heterocycles. The molecule has 2 aliphatic rings. The Balaban J connectivity index is 1.39. The van der Waals surface area contributed by atoms with E-state index in [1.54, 1.807) is 19.1 Å². The molecule has 1 N–H and O–H groups in total. The molecule has 8 nitrogen and oxygen atoms in total. The fourth-order valence-corrected chi connectivity index (χ4v) is 4.65. The number of esters is 1. The van der Waals surface area contributed by atoms with Crippen molar-refractivity contribution in [2.24, 2.45) is 11.8 Å². The third-order valence-corrected chi connectivity index (χ3v) is 7.42. The number of nitrogens with one attached hydrogen (secondary N) is 1. The zero-order valence-corrected chi connectivity index (χ0v) is 22.5. The van der Waals surface area contributed by atoms with Gasteiger partial charge in [-0.25, -0.2) is 14.2 Å². The number of halogens is 1. The van der Waals surface area contributed by atoms with Crippen LogP contribution in [0, 0.1) is 11.8 Å². The molecule has 2 atom stereocenters. The molecule has 9 heteroatoms. The topological polar surface area (TPSA) is 90.0 Å². The van der Waals surface area contributed by atoms with E-state index in [1.165, 1.54) is 0 Å². The van der Waals surface area contributed by atoms with E-state index in [0.29, 0.717) is 56.1 Å². The van der Waals surface area contributed by atoms with Crippen molar-refractivity contribution in [3.8, 4) is 5.88 Å². The summed E-state index contributed by atoms with van der Waals surface area (Å²) in [5.41, 5.74) is 0.809. The first-order valence-electron chi connectivity index (χ1n) is 13.5. The van der Waals surface area contributed by atoms with Gasteiger partial charge in [0.2, 0.25) is 5.88 Å². The van der Waals surface area contributed by atoms with Crippen LogP contribution in [0.15, 0.2) is 42.5 Å². The number of pyridine rings is 1. The molecule has 0 unspecified atom stereocenters. The first-order chi connectivity index (χ1) is 18.4. The van der Waals surface area contributed by atoms with Crippen LogP contribution in [-0.4, -0.2) is 61.5 Å². The Hall–Kier alpha value is -3.20. The Kier molecular flexibility index (Phi) is 9.20. The summed E-state index contributed by atoms with van der Waals surface area (Å²) in [5.74, 6) is 0.0983. The molecule has 38 heavy (non-hydrogen) atoms. The number of benzene rings is 1. The molecule has 2 aromatic rings. The lowest BCUT2D eigenvalue weighted by Gasteiger charge is -2.37. The van der Waals surface area contributed by atoms with Crippen LogP contribution in [0.25, 0.3) is 0 Å². The smallest absolute Gasteiger partial charge is 0.331 e. The summed E-state index contributed by atoms with van der Waals surface area (Å²) < 4.78 is 30.8. The summed E-state index contributed by atoms with van der Waals surface area (Å²) in [7, 11) is 0. The molecule has 1 aromatic heterocycles. The lowest BCUT2D eigenvalue weighted by Crippen LogP contribution is -2.54. The minimum atomic E-state index is -1.13. The molecule has 2 heterocycles. The fraction of sp³-hybridized carbons (Fsp3) is 0.552. The van der Waals surface area contributed by atoms with E-state index < -0.39 is 23.6 Å². The average molecular weight is 528 g/mol. The van der Waals surface area contributed by atoms with Crippen molar-refractivity contribution in [1.29, 1.82) is 0 Å². The summed E-state index contributed by atoms with van der Waals surface area (Å²) in [4.78, 5) is 32.1. The second kappa shape index (κ2) is 12.6. The Morgan fingerprint density at radius 3 is 2.42 bits per heavy atom. The Labute approximate surface area is 223 Å². The van der Waals surface area contributed by atoms with Crippen LogP contribution in [0.4, 0.5) is 10.1 Å². The van der Waals surface area contributed by atoms with Gasteiger partial charge in [0.1, 0.15) is 23.1 Å². The van der Waals surface area contributed by atoms with E-state index in [4.69, 9.17) is 14.2 Å². The maximum absolute atomic E-state index is 13.6. The van der Waals surface area contributed by atoms with Crippen molar-refractivity contribution in [3.05, 3.63) is 53.7 Å². The molecule has 1 aliphatic heterocycles. The molecular weight excluding hydrogens is 489 g/mol. The van der Waals surface area contributed by atoms with Crippen LogP contribution in [0.5, 0.6) is 5.88 Å². The predicted octanol–water partition coefficient (Wildman–Crippen LogP) is 4.32. The molecule has 1 amide bonds. The molecular formula is C29H38FN3O5. The molecule has 1 aliphatic carbocycles.